The highest BCUT2D eigenvalue weighted by molar-refractivity contribution is 14.1. The molecule has 0 saturated carbocycles. The molecule has 1 aliphatic rings. The Balaban J connectivity index is 2.27. The molecule has 110 valence electrons. The molecule has 1 fully saturated rings. The number of benzene rings is 1. The number of likely N-dealkylation sites (N-methyl/N-ethyl adjacent to an activating group) is 1. The van der Waals surface area contributed by atoms with E-state index in [0.717, 1.165) is 46.1 Å². The van der Waals surface area contributed by atoms with E-state index < -0.39 is 0 Å². The van der Waals surface area contributed by atoms with Gasteiger partial charge in [-0.05, 0) is 83.2 Å². The highest BCUT2D eigenvalue weighted by Crippen LogP contribution is 2.23. The van der Waals surface area contributed by atoms with Crippen LogP contribution in [0.5, 0.6) is 0 Å². The maximum Gasteiger partial charge on any atom is 0.255 e. The van der Waals surface area contributed by atoms with E-state index >= 15 is 0 Å². The van der Waals surface area contributed by atoms with E-state index in [1.54, 1.807) is 0 Å². The Kier molecular flexibility index (Phi) is 5.86. The summed E-state index contributed by atoms with van der Waals surface area (Å²) in [5.41, 5.74) is 0.778. The average molecular weight is 451 g/mol. The van der Waals surface area contributed by atoms with Crippen LogP contribution in [0, 0.1) is 3.57 Å². The first-order chi connectivity index (χ1) is 9.52. The number of carbonyl (C=O) groups is 1. The molecule has 20 heavy (non-hydrogen) atoms. The van der Waals surface area contributed by atoms with Crippen LogP contribution in [-0.2, 0) is 0 Å². The quantitative estimate of drug-likeness (QED) is 0.642. The van der Waals surface area contributed by atoms with E-state index in [9.17, 15) is 4.79 Å². The predicted molar refractivity (Wildman–Crippen MR) is 94.1 cm³/mol. The molecule has 1 aromatic carbocycles. The van der Waals surface area contributed by atoms with Crippen LogP contribution in [0.25, 0.3) is 0 Å². The van der Waals surface area contributed by atoms with Crippen molar-refractivity contribution in [2.24, 2.45) is 0 Å². The van der Waals surface area contributed by atoms with Crippen molar-refractivity contribution >= 4 is 44.4 Å². The maximum absolute atomic E-state index is 12.9. The van der Waals surface area contributed by atoms with Gasteiger partial charge >= 0.3 is 0 Å². The van der Waals surface area contributed by atoms with Crippen molar-refractivity contribution in [3.63, 3.8) is 0 Å². The number of hydrogen-bond acceptors (Lipinski definition) is 2. The minimum atomic E-state index is 0.151. The van der Waals surface area contributed by atoms with Crippen molar-refractivity contribution in [2.45, 2.75) is 25.8 Å². The van der Waals surface area contributed by atoms with Crippen molar-refractivity contribution in [3.8, 4) is 0 Å². The summed E-state index contributed by atoms with van der Waals surface area (Å²) in [6.45, 7) is 5.03. The van der Waals surface area contributed by atoms with E-state index in [1.165, 1.54) is 0 Å². The Morgan fingerprint density at radius 3 is 2.90 bits per heavy atom. The molecule has 0 aromatic heterocycles. The molecule has 1 heterocycles. The van der Waals surface area contributed by atoms with Crippen molar-refractivity contribution in [1.82, 2.24) is 9.80 Å². The molecule has 0 radical (unpaired) electrons. The molecule has 1 aromatic rings. The second kappa shape index (κ2) is 7.22. The highest BCUT2D eigenvalue weighted by Gasteiger charge is 2.27. The molecular weight excluding hydrogens is 431 g/mol. The summed E-state index contributed by atoms with van der Waals surface area (Å²) in [7, 11) is 2.14. The van der Waals surface area contributed by atoms with Crippen LogP contribution in [-0.4, -0.2) is 48.4 Å². The van der Waals surface area contributed by atoms with Gasteiger partial charge in [-0.2, -0.15) is 0 Å². The lowest BCUT2D eigenvalue weighted by molar-refractivity contribution is 0.0674. The number of nitrogens with zero attached hydrogens (tertiary/aromatic N) is 2. The largest absolute Gasteiger partial charge is 0.334 e. The molecule has 1 saturated heterocycles. The molecule has 1 atom stereocenters. The monoisotopic (exact) mass is 450 g/mol. The fraction of sp³-hybridized carbons (Fsp3) is 0.533. The van der Waals surface area contributed by atoms with Crippen LogP contribution in [0.15, 0.2) is 22.7 Å². The predicted octanol–water partition coefficient (Wildman–Crippen LogP) is 3.61. The zero-order valence-corrected chi connectivity index (χ0v) is 15.6. The topological polar surface area (TPSA) is 23.6 Å². The maximum atomic E-state index is 12.9. The van der Waals surface area contributed by atoms with Gasteiger partial charge in [0.25, 0.3) is 5.91 Å². The Morgan fingerprint density at radius 2 is 2.20 bits per heavy atom. The summed E-state index contributed by atoms with van der Waals surface area (Å²) in [6.07, 6.45) is 2.04. The molecule has 1 unspecified atom stereocenters. The number of amides is 1. The first kappa shape index (κ1) is 16.2. The molecule has 0 spiro atoms. The summed E-state index contributed by atoms with van der Waals surface area (Å²) in [5, 5.41) is 0. The van der Waals surface area contributed by atoms with Gasteiger partial charge in [0.05, 0.1) is 5.56 Å². The zero-order valence-electron chi connectivity index (χ0n) is 11.9. The van der Waals surface area contributed by atoms with E-state index in [2.05, 4.69) is 62.3 Å². The molecule has 1 aliphatic heterocycles. The minimum Gasteiger partial charge on any atom is -0.334 e. The molecule has 0 aliphatic carbocycles. The normalized spacial score (nSPS) is 20.8. The van der Waals surface area contributed by atoms with Gasteiger partial charge in [-0.3, -0.25) is 4.79 Å². The van der Waals surface area contributed by atoms with Crippen LogP contribution in [0.2, 0.25) is 0 Å². The standard InChI is InChI=1S/C15H20BrIN2O/c1-3-12-10-18(2)7-4-8-19(12)15(20)13-9-11(17)5-6-14(13)16/h5-6,9,12H,3-4,7-8,10H2,1-2H3. The van der Waals surface area contributed by atoms with Crippen LogP contribution in [0.3, 0.4) is 0 Å². The summed E-state index contributed by atoms with van der Waals surface area (Å²) in [5.74, 6) is 0.151. The Hall–Kier alpha value is -0.140. The molecule has 0 N–H and O–H groups in total. The third-order valence-electron chi connectivity index (χ3n) is 3.79. The Labute approximate surface area is 143 Å². The second-order valence-electron chi connectivity index (χ2n) is 5.30. The lowest BCUT2D eigenvalue weighted by Gasteiger charge is -2.30. The zero-order chi connectivity index (χ0) is 14.7. The van der Waals surface area contributed by atoms with Gasteiger partial charge in [-0.1, -0.05) is 6.92 Å². The molecule has 5 heteroatoms. The molecular formula is C15H20BrIN2O. The van der Waals surface area contributed by atoms with E-state index in [0.29, 0.717) is 6.04 Å². The Bertz CT molecular complexity index is 495. The van der Waals surface area contributed by atoms with E-state index in [-0.39, 0.29) is 5.91 Å². The lowest BCUT2D eigenvalue weighted by atomic mass is 10.1. The van der Waals surface area contributed by atoms with E-state index in [1.807, 2.05) is 18.2 Å². The van der Waals surface area contributed by atoms with Crippen molar-refractivity contribution < 1.29 is 4.79 Å². The third kappa shape index (κ3) is 3.74. The smallest absolute Gasteiger partial charge is 0.255 e. The summed E-state index contributed by atoms with van der Waals surface area (Å²) >= 11 is 5.76. The SMILES string of the molecule is CCC1CN(C)CCCN1C(=O)c1cc(I)ccc1Br. The first-order valence-electron chi connectivity index (χ1n) is 6.97. The van der Waals surface area contributed by atoms with Gasteiger partial charge in [0.15, 0.2) is 0 Å². The fourth-order valence-electron chi connectivity index (χ4n) is 2.68. The summed E-state index contributed by atoms with van der Waals surface area (Å²) < 4.78 is 1.98. The number of halogens is 2. The van der Waals surface area contributed by atoms with Crippen LogP contribution >= 0.6 is 38.5 Å². The van der Waals surface area contributed by atoms with Gasteiger partial charge in [0.2, 0.25) is 0 Å². The van der Waals surface area contributed by atoms with Gasteiger partial charge in [-0.25, -0.2) is 0 Å². The van der Waals surface area contributed by atoms with Crippen molar-refractivity contribution in [1.29, 1.82) is 0 Å². The van der Waals surface area contributed by atoms with Crippen LogP contribution in [0.4, 0.5) is 0 Å². The van der Waals surface area contributed by atoms with Gasteiger partial charge in [-0.15, -0.1) is 0 Å². The summed E-state index contributed by atoms with van der Waals surface area (Å²) in [6, 6.07) is 6.24. The average Bonchev–Trinajstić information content (AvgIpc) is 2.62. The molecule has 1 amide bonds. The highest BCUT2D eigenvalue weighted by atomic mass is 127. The number of rotatable bonds is 2. The summed E-state index contributed by atoms with van der Waals surface area (Å²) in [4.78, 5) is 17.3. The van der Waals surface area contributed by atoms with Crippen LogP contribution < -0.4 is 0 Å². The third-order valence-corrected chi connectivity index (χ3v) is 5.16. The molecule has 0 bridgehead atoms. The molecule has 2 rings (SSSR count). The molecule has 3 nitrogen and oxygen atoms in total. The number of hydrogen-bond donors (Lipinski definition) is 0. The van der Waals surface area contributed by atoms with Crippen molar-refractivity contribution in [3.05, 3.63) is 31.8 Å². The minimum absolute atomic E-state index is 0.151. The van der Waals surface area contributed by atoms with Crippen molar-refractivity contribution in [2.75, 3.05) is 26.7 Å². The number of carbonyl (C=O) groups excluding carboxylic acids is 1. The van der Waals surface area contributed by atoms with Crippen LogP contribution in [0.1, 0.15) is 30.1 Å². The lowest BCUT2D eigenvalue weighted by Crippen LogP contribution is -2.43. The van der Waals surface area contributed by atoms with E-state index in [4.69, 9.17) is 0 Å². The first-order valence-corrected chi connectivity index (χ1v) is 8.84. The van der Waals surface area contributed by atoms with Gasteiger partial charge in [0, 0.05) is 27.2 Å². The van der Waals surface area contributed by atoms with Gasteiger partial charge in [0.1, 0.15) is 0 Å². The van der Waals surface area contributed by atoms with Gasteiger partial charge < -0.3 is 9.80 Å². The Morgan fingerprint density at radius 1 is 1.45 bits per heavy atom. The second-order valence-corrected chi connectivity index (χ2v) is 7.40. The fourth-order valence-corrected chi connectivity index (χ4v) is 3.58.